The zero-order valence-corrected chi connectivity index (χ0v) is 17.4. The first kappa shape index (κ1) is 22.0. The van der Waals surface area contributed by atoms with Crippen LogP contribution < -0.4 is 0 Å². The molecule has 2 rings (SSSR count). The summed E-state index contributed by atoms with van der Waals surface area (Å²) in [6, 6.07) is 7.74. The molecule has 0 saturated carbocycles. The van der Waals surface area contributed by atoms with Gasteiger partial charge < -0.3 is 15.3 Å². The number of hydrogen-bond acceptors (Lipinski definition) is 4. The van der Waals surface area contributed by atoms with Gasteiger partial charge in [-0.2, -0.15) is 0 Å². The SMILES string of the molecule is CC(C)=CCc1cc(C(=O)C=Cc2ccc(O)cc2CC=C(C)C)c(O)cc1O. The topological polar surface area (TPSA) is 77.8 Å². The molecule has 29 heavy (non-hydrogen) atoms. The van der Waals surface area contributed by atoms with Gasteiger partial charge in [-0.05, 0) is 81.5 Å². The fourth-order valence-corrected chi connectivity index (χ4v) is 2.80. The third-order valence-corrected chi connectivity index (χ3v) is 4.46. The summed E-state index contributed by atoms with van der Waals surface area (Å²) < 4.78 is 0. The first-order chi connectivity index (χ1) is 13.7. The number of allylic oxidation sites excluding steroid dienone is 5. The molecule has 0 fully saturated rings. The fourth-order valence-electron chi connectivity index (χ4n) is 2.80. The van der Waals surface area contributed by atoms with E-state index in [4.69, 9.17) is 0 Å². The van der Waals surface area contributed by atoms with Crippen LogP contribution in [0.25, 0.3) is 6.08 Å². The normalized spacial score (nSPS) is 10.8. The summed E-state index contributed by atoms with van der Waals surface area (Å²) in [4.78, 5) is 12.7. The van der Waals surface area contributed by atoms with Crippen molar-refractivity contribution in [2.45, 2.75) is 40.5 Å². The Bertz CT molecular complexity index is 986. The van der Waals surface area contributed by atoms with E-state index in [0.717, 1.165) is 22.3 Å². The van der Waals surface area contributed by atoms with Crippen molar-refractivity contribution in [1.29, 1.82) is 0 Å². The Morgan fingerprint density at radius 2 is 1.45 bits per heavy atom. The van der Waals surface area contributed by atoms with Crippen molar-refractivity contribution in [3.63, 3.8) is 0 Å². The summed E-state index contributed by atoms with van der Waals surface area (Å²) in [5.41, 5.74) is 4.69. The summed E-state index contributed by atoms with van der Waals surface area (Å²) in [7, 11) is 0. The van der Waals surface area contributed by atoms with Gasteiger partial charge in [-0.15, -0.1) is 0 Å². The fraction of sp³-hybridized carbons (Fsp3) is 0.240. The van der Waals surface area contributed by atoms with Crippen molar-refractivity contribution in [3.8, 4) is 17.2 Å². The number of aromatic hydroxyl groups is 3. The maximum atomic E-state index is 12.7. The molecule has 0 amide bonds. The number of rotatable bonds is 7. The lowest BCUT2D eigenvalue weighted by Gasteiger charge is -2.08. The summed E-state index contributed by atoms with van der Waals surface area (Å²) in [6.45, 7) is 7.91. The van der Waals surface area contributed by atoms with E-state index in [-0.39, 0.29) is 28.6 Å². The highest BCUT2D eigenvalue weighted by Crippen LogP contribution is 2.29. The van der Waals surface area contributed by atoms with Crippen molar-refractivity contribution in [2.24, 2.45) is 0 Å². The molecule has 0 spiro atoms. The Kier molecular flexibility index (Phi) is 7.43. The molecule has 0 saturated heterocycles. The molecular weight excluding hydrogens is 364 g/mol. The maximum Gasteiger partial charge on any atom is 0.189 e. The quantitative estimate of drug-likeness (QED) is 0.320. The van der Waals surface area contributed by atoms with E-state index in [1.165, 1.54) is 18.2 Å². The van der Waals surface area contributed by atoms with E-state index in [9.17, 15) is 20.1 Å². The van der Waals surface area contributed by atoms with E-state index in [1.807, 2.05) is 33.8 Å². The Morgan fingerprint density at radius 3 is 2.07 bits per heavy atom. The zero-order chi connectivity index (χ0) is 21.6. The van der Waals surface area contributed by atoms with Gasteiger partial charge in [0.15, 0.2) is 5.78 Å². The third-order valence-electron chi connectivity index (χ3n) is 4.46. The minimum Gasteiger partial charge on any atom is -0.508 e. The summed E-state index contributed by atoms with van der Waals surface area (Å²) in [6.07, 6.45) is 8.19. The maximum absolute atomic E-state index is 12.7. The highest BCUT2D eigenvalue weighted by molar-refractivity contribution is 6.09. The summed E-state index contributed by atoms with van der Waals surface area (Å²) in [5, 5.41) is 29.9. The van der Waals surface area contributed by atoms with E-state index in [1.54, 1.807) is 24.3 Å². The number of ketones is 1. The zero-order valence-electron chi connectivity index (χ0n) is 17.4. The number of phenols is 3. The van der Waals surface area contributed by atoms with Gasteiger partial charge in [0, 0.05) is 6.07 Å². The molecule has 0 bridgehead atoms. The Labute approximate surface area is 172 Å². The standard InChI is InChI=1S/C25H28O4/c1-16(2)5-7-19-13-21(26)11-9-18(19)10-12-23(27)22-14-20(8-6-17(3)4)24(28)15-25(22)29/h5-6,9-15,26,28-29H,7-8H2,1-4H3. The van der Waals surface area contributed by atoms with Gasteiger partial charge in [-0.1, -0.05) is 35.4 Å². The van der Waals surface area contributed by atoms with Crippen molar-refractivity contribution >= 4 is 11.9 Å². The van der Waals surface area contributed by atoms with Crippen LogP contribution in [0.5, 0.6) is 17.2 Å². The van der Waals surface area contributed by atoms with Crippen molar-refractivity contribution in [2.75, 3.05) is 0 Å². The average molecular weight is 392 g/mol. The lowest BCUT2D eigenvalue weighted by Crippen LogP contribution is -1.98. The van der Waals surface area contributed by atoms with Gasteiger partial charge in [0.05, 0.1) is 5.56 Å². The van der Waals surface area contributed by atoms with Crippen LogP contribution in [0, 0.1) is 0 Å². The summed E-state index contributed by atoms with van der Waals surface area (Å²) >= 11 is 0. The van der Waals surface area contributed by atoms with Crippen molar-refractivity contribution in [3.05, 3.63) is 82.0 Å². The molecule has 0 aromatic heterocycles. The van der Waals surface area contributed by atoms with Crippen molar-refractivity contribution < 1.29 is 20.1 Å². The van der Waals surface area contributed by atoms with E-state index >= 15 is 0 Å². The molecule has 0 aliphatic rings. The minimum atomic E-state index is -0.359. The van der Waals surface area contributed by atoms with Crippen LogP contribution >= 0.6 is 0 Å². The number of phenolic OH excluding ortho intramolecular Hbond substituents is 3. The van der Waals surface area contributed by atoms with E-state index in [2.05, 4.69) is 6.08 Å². The molecule has 2 aromatic rings. The molecule has 0 heterocycles. The van der Waals surface area contributed by atoms with E-state index < -0.39 is 0 Å². The minimum absolute atomic E-state index is 0.0388. The van der Waals surface area contributed by atoms with Gasteiger partial charge in [0.2, 0.25) is 0 Å². The van der Waals surface area contributed by atoms with Gasteiger partial charge in [-0.3, -0.25) is 4.79 Å². The lowest BCUT2D eigenvalue weighted by atomic mass is 9.99. The molecular formula is C25H28O4. The van der Waals surface area contributed by atoms with Gasteiger partial charge in [0.1, 0.15) is 17.2 Å². The first-order valence-corrected chi connectivity index (χ1v) is 9.53. The highest BCUT2D eigenvalue weighted by atomic mass is 16.3. The number of hydrogen-bond donors (Lipinski definition) is 3. The van der Waals surface area contributed by atoms with Crippen LogP contribution in [0.15, 0.2) is 59.7 Å². The Morgan fingerprint density at radius 1 is 0.828 bits per heavy atom. The van der Waals surface area contributed by atoms with Gasteiger partial charge in [-0.25, -0.2) is 0 Å². The molecule has 152 valence electrons. The molecule has 0 atom stereocenters. The van der Waals surface area contributed by atoms with Crippen LogP contribution in [0.3, 0.4) is 0 Å². The van der Waals surface area contributed by atoms with Gasteiger partial charge >= 0.3 is 0 Å². The average Bonchev–Trinajstić information content (AvgIpc) is 2.64. The Balaban J connectivity index is 2.33. The first-order valence-electron chi connectivity index (χ1n) is 9.53. The lowest BCUT2D eigenvalue weighted by molar-refractivity contribution is 0.104. The molecule has 0 radical (unpaired) electrons. The molecule has 2 aromatic carbocycles. The number of carbonyl (C=O) groups excluding carboxylic acids is 1. The molecule has 4 heteroatoms. The summed E-state index contributed by atoms with van der Waals surface area (Å²) in [5.74, 6) is -0.482. The predicted octanol–water partition coefficient (Wildman–Crippen LogP) is 5.72. The largest absolute Gasteiger partial charge is 0.508 e. The van der Waals surface area contributed by atoms with Crippen LogP contribution in [-0.2, 0) is 12.8 Å². The van der Waals surface area contributed by atoms with Gasteiger partial charge in [0.25, 0.3) is 0 Å². The smallest absolute Gasteiger partial charge is 0.189 e. The molecule has 4 nitrogen and oxygen atoms in total. The van der Waals surface area contributed by atoms with Crippen LogP contribution in [0.1, 0.15) is 54.7 Å². The molecule has 0 unspecified atom stereocenters. The Hall–Kier alpha value is -3.27. The number of benzene rings is 2. The van der Waals surface area contributed by atoms with Crippen molar-refractivity contribution in [1.82, 2.24) is 0 Å². The van der Waals surface area contributed by atoms with Crippen LogP contribution in [0.2, 0.25) is 0 Å². The second-order valence-corrected chi connectivity index (χ2v) is 7.55. The van der Waals surface area contributed by atoms with Crippen LogP contribution in [0.4, 0.5) is 0 Å². The second-order valence-electron chi connectivity index (χ2n) is 7.55. The molecule has 0 aliphatic heterocycles. The highest BCUT2D eigenvalue weighted by Gasteiger charge is 2.13. The van der Waals surface area contributed by atoms with E-state index in [0.29, 0.717) is 18.4 Å². The predicted molar refractivity (Wildman–Crippen MR) is 118 cm³/mol. The number of carbonyl (C=O) groups is 1. The third kappa shape index (κ3) is 6.39. The second kappa shape index (κ2) is 9.78. The monoisotopic (exact) mass is 392 g/mol. The molecule has 3 N–H and O–H groups in total. The molecule has 0 aliphatic carbocycles. The van der Waals surface area contributed by atoms with Crippen LogP contribution in [-0.4, -0.2) is 21.1 Å².